The number of likely N-dealkylation sites (tertiary alicyclic amines) is 1. The van der Waals surface area contributed by atoms with Crippen LogP contribution in [0, 0.1) is 0 Å². The highest BCUT2D eigenvalue weighted by atomic mass is 19.4. The van der Waals surface area contributed by atoms with Crippen molar-refractivity contribution >= 4 is 11.8 Å². The molecule has 1 aromatic rings. The molecule has 1 heterocycles. The lowest BCUT2D eigenvalue weighted by Gasteiger charge is -2.36. The number of carbonyl (C=O) groups excluding carboxylic acids is 2. The van der Waals surface area contributed by atoms with Crippen molar-refractivity contribution in [3.8, 4) is 0 Å². The molecule has 25 heavy (non-hydrogen) atoms. The number of rotatable bonds is 5. The van der Waals surface area contributed by atoms with E-state index in [-0.39, 0.29) is 37.0 Å². The third kappa shape index (κ3) is 5.19. The number of alkyl halides is 3. The van der Waals surface area contributed by atoms with Gasteiger partial charge in [0.25, 0.3) is 5.91 Å². The van der Waals surface area contributed by atoms with Gasteiger partial charge in [-0.1, -0.05) is 6.07 Å². The fraction of sp³-hybridized carbons (Fsp3) is 0.529. The highest BCUT2D eigenvalue weighted by Gasteiger charge is 2.32. The van der Waals surface area contributed by atoms with Gasteiger partial charge in [-0.2, -0.15) is 13.2 Å². The van der Waals surface area contributed by atoms with Crippen molar-refractivity contribution in [3.63, 3.8) is 0 Å². The van der Waals surface area contributed by atoms with Crippen LogP contribution in [0.2, 0.25) is 0 Å². The number of nitrogens with one attached hydrogen (secondary N) is 1. The van der Waals surface area contributed by atoms with Crippen molar-refractivity contribution in [1.29, 1.82) is 0 Å². The Bertz CT molecular complexity index is 619. The Balaban J connectivity index is 2.11. The molecular formula is C17H22F3N3O2. The summed E-state index contributed by atoms with van der Waals surface area (Å²) < 4.78 is 38.5. The molecule has 1 fully saturated rings. The van der Waals surface area contributed by atoms with E-state index in [2.05, 4.69) is 5.32 Å². The summed E-state index contributed by atoms with van der Waals surface area (Å²) in [6.45, 7) is 0.986. The SMILES string of the molecule is NCCC(=O)NCC1CCCCN1C(=O)c1cccc(C(F)(F)F)c1. The second-order valence-corrected chi connectivity index (χ2v) is 6.07. The summed E-state index contributed by atoms with van der Waals surface area (Å²) in [6, 6.07) is 4.21. The fourth-order valence-electron chi connectivity index (χ4n) is 2.93. The van der Waals surface area contributed by atoms with E-state index in [0.717, 1.165) is 25.0 Å². The average molecular weight is 357 g/mol. The van der Waals surface area contributed by atoms with Gasteiger partial charge in [0.15, 0.2) is 0 Å². The van der Waals surface area contributed by atoms with Crippen LogP contribution in [-0.2, 0) is 11.0 Å². The Kier molecular flexibility index (Phi) is 6.41. The maximum atomic E-state index is 12.8. The van der Waals surface area contributed by atoms with Gasteiger partial charge < -0.3 is 16.0 Å². The zero-order valence-electron chi connectivity index (χ0n) is 13.8. The summed E-state index contributed by atoms with van der Waals surface area (Å²) in [5.74, 6) is -0.636. The van der Waals surface area contributed by atoms with E-state index in [1.807, 2.05) is 0 Å². The molecule has 8 heteroatoms. The fourth-order valence-corrected chi connectivity index (χ4v) is 2.93. The molecule has 1 aliphatic heterocycles. The van der Waals surface area contributed by atoms with Gasteiger partial charge in [-0.3, -0.25) is 9.59 Å². The van der Waals surface area contributed by atoms with Crippen LogP contribution in [0.5, 0.6) is 0 Å². The summed E-state index contributed by atoms with van der Waals surface area (Å²) in [5, 5.41) is 2.73. The third-order valence-corrected chi connectivity index (χ3v) is 4.23. The van der Waals surface area contributed by atoms with Crippen LogP contribution in [0.4, 0.5) is 13.2 Å². The predicted octanol–water partition coefficient (Wildman–Crippen LogP) is 2.17. The average Bonchev–Trinajstić information content (AvgIpc) is 2.59. The van der Waals surface area contributed by atoms with Gasteiger partial charge >= 0.3 is 6.18 Å². The quantitative estimate of drug-likeness (QED) is 0.848. The van der Waals surface area contributed by atoms with E-state index in [9.17, 15) is 22.8 Å². The smallest absolute Gasteiger partial charge is 0.354 e. The number of halogens is 3. The van der Waals surface area contributed by atoms with E-state index in [1.165, 1.54) is 12.1 Å². The lowest BCUT2D eigenvalue weighted by Crippen LogP contribution is -2.49. The van der Waals surface area contributed by atoms with Gasteiger partial charge in [-0.05, 0) is 37.5 Å². The number of piperidine rings is 1. The molecule has 1 aromatic carbocycles. The molecule has 0 spiro atoms. The van der Waals surface area contributed by atoms with Crippen LogP contribution in [0.15, 0.2) is 24.3 Å². The van der Waals surface area contributed by atoms with Gasteiger partial charge in [0.1, 0.15) is 0 Å². The molecule has 3 N–H and O–H groups in total. The minimum Gasteiger partial charge on any atom is -0.354 e. The van der Waals surface area contributed by atoms with Crippen molar-refractivity contribution in [2.45, 2.75) is 37.9 Å². The maximum Gasteiger partial charge on any atom is 0.416 e. The summed E-state index contributed by atoms with van der Waals surface area (Å²) in [4.78, 5) is 25.8. The van der Waals surface area contributed by atoms with Crippen LogP contribution >= 0.6 is 0 Å². The van der Waals surface area contributed by atoms with E-state index >= 15 is 0 Å². The van der Waals surface area contributed by atoms with Gasteiger partial charge in [-0.25, -0.2) is 0 Å². The van der Waals surface area contributed by atoms with E-state index < -0.39 is 17.6 Å². The summed E-state index contributed by atoms with van der Waals surface area (Å²) in [7, 11) is 0. The zero-order chi connectivity index (χ0) is 18.4. The molecule has 138 valence electrons. The van der Waals surface area contributed by atoms with Crippen LogP contribution in [0.25, 0.3) is 0 Å². The molecule has 0 bridgehead atoms. The second kappa shape index (κ2) is 8.33. The van der Waals surface area contributed by atoms with Crippen molar-refractivity contribution < 1.29 is 22.8 Å². The van der Waals surface area contributed by atoms with E-state index in [0.29, 0.717) is 13.0 Å². The van der Waals surface area contributed by atoms with Crippen molar-refractivity contribution in [2.24, 2.45) is 5.73 Å². The molecule has 0 aromatic heterocycles. The van der Waals surface area contributed by atoms with Crippen molar-refractivity contribution in [2.75, 3.05) is 19.6 Å². The molecule has 0 radical (unpaired) electrons. The molecule has 1 aliphatic rings. The minimum atomic E-state index is -4.49. The lowest BCUT2D eigenvalue weighted by molar-refractivity contribution is -0.137. The van der Waals surface area contributed by atoms with Crippen molar-refractivity contribution in [3.05, 3.63) is 35.4 Å². The first-order chi connectivity index (χ1) is 11.8. The highest BCUT2D eigenvalue weighted by Crippen LogP contribution is 2.30. The standard InChI is InChI=1S/C17H22F3N3O2/c18-17(19,20)13-5-3-4-12(10-13)16(25)23-9-2-1-6-14(23)11-22-15(24)7-8-21/h3-5,10,14H,1-2,6-9,11,21H2,(H,22,24). The third-order valence-electron chi connectivity index (χ3n) is 4.23. The molecule has 1 unspecified atom stereocenters. The summed E-state index contributed by atoms with van der Waals surface area (Å²) >= 11 is 0. The van der Waals surface area contributed by atoms with Crippen molar-refractivity contribution in [1.82, 2.24) is 10.2 Å². The first kappa shape index (κ1) is 19.2. The van der Waals surface area contributed by atoms with Crippen LogP contribution in [-0.4, -0.2) is 42.4 Å². The number of carbonyl (C=O) groups is 2. The van der Waals surface area contributed by atoms with E-state index in [4.69, 9.17) is 5.73 Å². The Morgan fingerprint density at radius 1 is 1.28 bits per heavy atom. The first-order valence-electron chi connectivity index (χ1n) is 8.28. The van der Waals surface area contributed by atoms with Gasteiger partial charge in [0.05, 0.1) is 5.56 Å². The number of hydrogen-bond donors (Lipinski definition) is 2. The van der Waals surface area contributed by atoms with Crippen LogP contribution < -0.4 is 11.1 Å². The zero-order valence-corrected chi connectivity index (χ0v) is 13.8. The highest BCUT2D eigenvalue weighted by molar-refractivity contribution is 5.94. The van der Waals surface area contributed by atoms with Gasteiger partial charge in [-0.15, -0.1) is 0 Å². The molecule has 2 rings (SSSR count). The molecule has 1 saturated heterocycles. The molecule has 0 saturated carbocycles. The summed E-state index contributed by atoms with van der Waals surface area (Å²) in [5.41, 5.74) is 4.49. The number of nitrogens with zero attached hydrogens (tertiary/aromatic N) is 1. The second-order valence-electron chi connectivity index (χ2n) is 6.07. The molecule has 5 nitrogen and oxygen atoms in total. The lowest BCUT2D eigenvalue weighted by atomic mass is 10.00. The molecular weight excluding hydrogens is 335 g/mol. The molecule has 0 aliphatic carbocycles. The Morgan fingerprint density at radius 3 is 2.72 bits per heavy atom. The first-order valence-corrected chi connectivity index (χ1v) is 8.28. The largest absolute Gasteiger partial charge is 0.416 e. The number of nitrogens with two attached hydrogens (primary N) is 1. The Hall–Kier alpha value is -2.09. The number of hydrogen-bond acceptors (Lipinski definition) is 3. The van der Waals surface area contributed by atoms with Gasteiger partial charge in [0.2, 0.25) is 5.91 Å². The van der Waals surface area contributed by atoms with Crippen LogP contribution in [0.1, 0.15) is 41.6 Å². The molecule has 2 amide bonds. The topological polar surface area (TPSA) is 75.4 Å². The van der Waals surface area contributed by atoms with Crippen LogP contribution in [0.3, 0.4) is 0 Å². The normalized spacial score (nSPS) is 18.1. The molecule has 1 atom stereocenters. The predicted molar refractivity (Wildman–Crippen MR) is 86.8 cm³/mol. The Labute approximate surface area is 144 Å². The summed E-state index contributed by atoms with van der Waals surface area (Å²) in [6.07, 6.45) is -1.89. The van der Waals surface area contributed by atoms with Gasteiger partial charge in [0, 0.05) is 37.7 Å². The monoisotopic (exact) mass is 357 g/mol. The number of benzene rings is 1. The maximum absolute atomic E-state index is 12.8. The minimum absolute atomic E-state index is 0.00927. The van der Waals surface area contributed by atoms with E-state index in [1.54, 1.807) is 4.90 Å². The number of amides is 2. The Morgan fingerprint density at radius 2 is 2.04 bits per heavy atom.